The molecule has 1 aromatic carbocycles. The number of nitrogens with zero attached hydrogens (tertiary/aromatic N) is 3. The zero-order valence-electron chi connectivity index (χ0n) is 12.0. The van der Waals surface area contributed by atoms with Gasteiger partial charge in [0.25, 0.3) is 0 Å². The van der Waals surface area contributed by atoms with Crippen molar-refractivity contribution in [2.75, 3.05) is 18.6 Å². The molecule has 3 rings (SSSR count). The van der Waals surface area contributed by atoms with Gasteiger partial charge in [-0.25, -0.2) is 4.98 Å². The lowest BCUT2D eigenvalue weighted by molar-refractivity contribution is 0.414. The summed E-state index contributed by atoms with van der Waals surface area (Å²) in [4.78, 5) is 6.53. The van der Waals surface area contributed by atoms with E-state index in [1.807, 2.05) is 18.2 Å². The second-order valence-electron chi connectivity index (χ2n) is 5.14. The van der Waals surface area contributed by atoms with E-state index in [1.54, 1.807) is 19.4 Å². The van der Waals surface area contributed by atoms with Crippen LogP contribution in [-0.4, -0.2) is 18.6 Å². The average molecular weight is 279 g/mol. The molecular formula is C17H17N3O. The Bertz CT molecular complexity index is 660. The van der Waals surface area contributed by atoms with Gasteiger partial charge in [0, 0.05) is 6.54 Å². The first-order chi connectivity index (χ1) is 10.3. The quantitative estimate of drug-likeness (QED) is 0.865. The van der Waals surface area contributed by atoms with Crippen molar-refractivity contribution in [2.45, 2.75) is 18.9 Å². The fraction of sp³-hybridized carbons (Fsp3) is 0.294. The maximum absolute atomic E-state index is 8.84. The molecule has 0 N–H and O–H groups in total. The molecule has 21 heavy (non-hydrogen) atoms. The molecule has 0 bridgehead atoms. The normalized spacial score (nSPS) is 17.5. The fourth-order valence-electron chi connectivity index (χ4n) is 2.89. The highest BCUT2D eigenvalue weighted by molar-refractivity contribution is 5.50. The van der Waals surface area contributed by atoms with E-state index in [-0.39, 0.29) is 0 Å². The number of anilines is 1. The smallest absolute Gasteiger partial charge is 0.140 e. The summed E-state index contributed by atoms with van der Waals surface area (Å²) in [6.45, 7) is 1.01. The molecule has 1 aromatic heterocycles. The maximum atomic E-state index is 8.84. The summed E-state index contributed by atoms with van der Waals surface area (Å²) >= 11 is 0. The van der Waals surface area contributed by atoms with Crippen LogP contribution in [0, 0.1) is 11.3 Å². The Morgan fingerprint density at radius 3 is 2.95 bits per heavy atom. The standard InChI is InChI=1S/C17H17N3O/c1-21-16-5-2-4-13(10-16)17-6-3-9-20(17)15-8-7-14(11-18)19-12-15/h2,4-5,7-8,10,12,17H,3,6,9H2,1H3/t17-/m0/s1. The van der Waals surface area contributed by atoms with Gasteiger partial charge < -0.3 is 9.64 Å². The summed E-state index contributed by atoms with van der Waals surface area (Å²) in [6, 6.07) is 14.4. The molecule has 2 heterocycles. The predicted octanol–water partition coefficient (Wildman–Crippen LogP) is 3.30. The van der Waals surface area contributed by atoms with Crippen LogP contribution in [0.4, 0.5) is 5.69 Å². The summed E-state index contributed by atoms with van der Waals surface area (Å²) in [5.74, 6) is 0.886. The summed E-state index contributed by atoms with van der Waals surface area (Å²) in [7, 11) is 1.69. The van der Waals surface area contributed by atoms with Gasteiger partial charge in [-0.05, 0) is 42.7 Å². The topological polar surface area (TPSA) is 49.1 Å². The number of aromatic nitrogens is 1. The number of hydrogen-bond donors (Lipinski definition) is 0. The molecule has 1 atom stereocenters. The zero-order valence-corrected chi connectivity index (χ0v) is 12.0. The molecule has 0 radical (unpaired) electrons. The van der Waals surface area contributed by atoms with Crippen LogP contribution < -0.4 is 9.64 Å². The van der Waals surface area contributed by atoms with E-state index in [4.69, 9.17) is 10.00 Å². The van der Waals surface area contributed by atoms with E-state index in [0.717, 1.165) is 30.8 Å². The van der Waals surface area contributed by atoms with Crippen LogP contribution in [0.1, 0.15) is 30.1 Å². The van der Waals surface area contributed by atoms with Gasteiger partial charge in [0.1, 0.15) is 17.5 Å². The minimum Gasteiger partial charge on any atom is -0.497 e. The molecule has 0 amide bonds. The molecule has 0 unspecified atom stereocenters. The largest absolute Gasteiger partial charge is 0.497 e. The molecule has 4 heteroatoms. The van der Waals surface area contributed by atoms with E-state index >= 15 is 0 Å². The number of rotatable bonds is 3. The second kappa shape index (κ2) is 5.84. The lowest BCUT2D eigenvalue weighted by atomic mass is 10.0. The first kappa shape index (κ1) is 13.4. The van der Waals surface area contributed by atoms with Crippen LogP contribution in [0.5, 0.6) is 5.75 Å². The van der Waals surface area contributed by atoms with Gasteiger partial charge in [-0.3, -0.25) is 0 Å². The molecule has 1 saturated heterocycles. The van der Waals surface area contributed by atoms with Crippen LogP contribution in [0.15, 0.2) is 42.6 Å². The van der Waals surface area contributed by atoms with Gasteiger partial charge >= 0.3 is 0 Å². The fourth-order valence-corrected chi connectivity index (χ4v) is 2.89. The van der Waals surface area contributed by atoms with Gasteiger partial charge in [-0.15, -0.1) is 0 Å². The van der Waals surface area contributed by atoms with E-state index < -0.39 is 0 Å². The predicted molar refractivity (Wildman–Crippen MR) is 81.3 cm³/mol. The Labute approximate surface area is 124 Å². The van der Waals surface area contributed by atoms with E-state index in [1.165, 1.54) is 5.56 Å². The second-order valence-corrected chi connectivity index (χ2v) is 5.14. The van der Waals surface area contributed by atoms with Crippen molar-refractivity contribution in [3.05, 3.63) is 53.9 Å². The lowest BCUT2D eigenvalue weighted by Gasteiger charge is -2.27. The van der Waals surface area contributed by atoms with Crippen LogP contribution >= 0.6 is 0 Å². The summed E-state index contributed by atoms with van der Waals surface area (Å²) in [5.41, 5.74) is 2.78. The molecule has 0 spiro atoms. The Morgan fingerprint density at radius 1 is 1.33 bits per heavy atom. The molecule has 0 aliphatic carbocycles. The van der Waals surface area contributed by atoms with Gasteiger partial charge in [0.2, 0.25) is 0 Å². The number of ether oxygens (including phenoxy) is 1. The number of benzene rings is 1. The highest BCUT2D eigenvalue weighted by Gasteiger charge is 2.26. The van der Waals surface area contributed by atoms with E-state index in [9.17, 15) is 0 Å². The third kappa shape index (κ3) is 2.68. The minimum atomic E-state index is 0.342. The van der Waals surface area contributed by atoms with Crippen LogP contribution in [0.2, 0.25) is 0 Å². The first-order valence-electron chi connectivity index (χ1n) is 7.08. The van der Waals surface area contributed by atoms with Crippen LogP contribution in [0.3, 0.4) is 0 Å². The van der Waals surface area contributed by atoms with Crippen molar-refractivity contribution >= 4 is 5.69 Å². The van der Waals surface area contributed by atoms with Crippen molar-refractivity contribution in [2.24, 2.45) is 0 Å². The molecular weight excluding hydrogens is 262 g/mol. The third-order valence-electron chi connectivity index (χ3n) is 3.93. The number of pyridine rings is 1. The summed E-state index contributed by atoms with van der Waals surface area (Å²) in [6.07, 6.45) is 4.06. The van der Waals surface area contributed by atoms with Gasteiger partial charge in [-0.2, -0.15) is 5.26 Å². The highest BCUT2D eigenvalue weighted by atomic mass is 16.5. The first-order valence-corrected chi connectivity index (χ1v) is 7.08. The Balaban J connectivity index is 1.89. The van der Waals surface area contributed by atoms with Gasteiger partial charge in [-0.1, -0.05) is 12.1 Å². The molecule has 1 fully saturated rings. The molecule has 1 aliphatic heterocycles. The zero-order chi connectivity index (χ0) is 14.7. The SMILES string of the molecule is COc1cccc([C@@H]2CCCN2c2ccc(C#N)nc2)c1. The average Bonchev–Trinajstić information content (AvgIpc) is 3.04. The van der Waals surface area contributed by atoms with Crippen molar-refractivity contribution < 1.29 is 4.74 Å². The van der Waals surface area contributed by atoms with Crippen LogP contribution in [0.25, 0.3) is 0 Å². The van der Waals surface area contributed by atoms with Crippen molar-refractivity contribution in [1.29, 1.82) is 5.26 Å². The van der Waals surface area contributed by atoms with Crippen molar-refractivity contribution in [3.8, 4) is 11.8 Å². The van der Waals surface area contributed by atoms with E-state index in [0.29, 0.717) is 11.7 Å². The maximum Gasteiger partial charge on any atom is 0.140 e. The van der Waals surface area contributed by atoms with Crippen molar-refractivity contribution in [1.82, 2.24) is 4.98 Å². The molecule has 1 aliphatic rings. The number of hydrogen-bond acceptors (Lipinski definition) is 4. The third-order valence-corrected chi connectivity index (χ3v) is 3.93. The Kier molecular flexibility index (Phi) is 3.74. The molecule has 106 valence electrons. The van der Waals surface area contributed by atoms with Gasteiger partial charge in [0.05, 0.1) is 25.0 Å². The summed E-state index contributed by atoms with van der Waals surface area (Å²) in [5, 5.41) is 8.84. The Morgan fingerprint density at radius 2 is 2.24 bits per heavy atom. The Hall–Kier alpha value is -2.54. The number of nitriles is 1. The number of methoxy groups -OCH3 is 1. The lowest BCUT2D eigenvalue weighted by Crippen LogP contribution is -2.22. The van der Waals surface area contributed by atoms with Crippen molar-refractivity contribution in [3.63, 3.8) is 0 Å². The molecule has 4 nitrogen and oxygen atoms in total. The molecule has 2 aromatic rings. The summed E-state index contributed by atoms with van der Waals surface area (Å²) < 4.78 is 5.32. The molecule has 0 saturated carbocycles. The minimum absolute atomic E-state index is 0.342. The highest BCUT2D eigenvalue weighted by Crippen LogP contribution is 2.36. The monoisotopic (exact) mass is 279 g/mol. The van der Waals surface area contributed by atoms with Gasteiger partial charge in [0.15, 0.2) is 0 Å². The van der Waals surface area contributed by atoms with Crippen LogP contribution in [-0.2, 0) is 0 Å². The van der Waals surface area contributed by atoms with E-state index in [2.05, 4.69) is 28.1 Å².